The first-order chi connectivity index (χ1) is 7.52. The topological polar surface area (TPSA) is 37.3 Å². The Morgan fingerprint density at radius 2 is 1.88 bits per heavy atom. The van der Waals surface area contributed by atoms with Gasteiger partial charge in [0.25, 0.3) is 0 Å². The summed E-state index contributed by atoms with van der Waals surface area (Å²) in [4.78, 5) is 11.0. The maximum Gasteiger partial charge on any atom is 0.331 e. The second-order valence-corrected chi connectivity index (χ2v) is 4.96. The highest BCUT2D eigenvalue weighted by Gasteiger charge is 2.40. The zero-order valence-electron chi connectivity index (χ0n) is 9.54. The van der Waals surface area contributed by atoms with Gasteiger partial charge in [0, 0.05) is 11.5 Å². The maximum atomic E-state index is 11.0. The number of hydrogen-bond acceptors (Lipinski definition) is 1. The van der Waals surface area contributed by atoms with Gasteiger partial charge in [0.1, 0.15) is 0 Å². The first kappa shape index (κ1) is 11.2. The normalized spacial score (nSPS) is 33.6. The average Bonchev–Trinajstić information content (AvgIpc) is 2.71. The first-order valence-electron chi connectivity index (χ1n) is 5.80. The van der Waals surface area contributed by atoms with Gasteiger partial charge in [-0.1, -0.05) is 37.3 Å². The van der Waals surface area contributed by atoms with Crippen LogP contribution in [0.1, 0.15) is 25.7 Å². The van der Waals surface area contributed by atoms with Crippen LogP contribution in [0.5, 0.6) is 0 Å². The predicted molar refractivity (Wildman–Crippen MR) is 64.0 cm³/mol. The van der Waals surface area contributed by atoms with Crippen LogP contribution in [-0.2, 0) is 4.79 Å². The molecular formula is C14H18O2. The Morgan fingerprint density at radius 1 is 1.25 bits per heavy atom. The molecule has 2 aliphatic rings. The molecule has 2 saturated carbocycles. The molecule has 3 unspecified atom stereocenters. The number of rotatable bonds is 2. The molecule has 0 aliphatic heterocycles. The van der Waals surface area contributed by atoms with Crippen LogP contribution in [0.15, 0.2) is 36.5 Å². The molecule has 0 heterocycles. The van der Waals surface area contributed by atoms with Crippen molar-refractivity contribution in [2.75, 3.05) is 0 Å². The Hall–Kier alpha value is -1.31. The number of carbonyl (C=O) groups is 1. The van der Waals surface area contributed by atoms with Gasteiger partial charge in [-0.15, -0.1) is 0 Å². The summed E-state index contributed by atoms with van der Waals surface area (Å²) in [7, 11) is 0. The molecule has 0 aromatic heterocycles. The van der Waals surface area contributed by atoms with Crippen LogP contribution in [0, 0.1) is 17.8 Å². The van der Waals surface area contributed by atoms with Crippen molar-refractivity contribution in [2.24, 2.45) is 17.8 Å². The second kappa shape index (κ2) is 3.93. The number of aliphatic carboxylic acids is 1. The third kappa shape index (κ3) is 1.62. The highest BCUT2D eigenvalue weighted by molar-refractivity contribution is 5.87. The molecule has 16 heavy (non-hydrogen) atoms. The zero-order chi connectivity index (χ0) is 11.9. The summed E-state index contributed by atoms with van der Waals surface area (Å²) in [6.45, 7) is 11.9. The Labute approximate surface area is 96.4 Å². The third-order valence-electron chi connectivity index (χ3n) is 4.13. The van der Waals surface area contributed by atoms with Crippen LogP contribution >= 0.6 is 0 Å². The molecule has 0 aromatic rings. The van der Waals surface area contributed by atoms with Crippen molar-refractivity contribution < 1.29 is 9.90 Å². The minimum Gasteiger partial charge on any atom is -0.478 e. The average molecular weight is 218 g/mol. The van der Waals surface area contributed by atoms with Crippen molar-refractivity contribution in [3.05, 3.63) is 36.5 Å². The number of fused-ring (bicyclic) bond motifs is 1. The highest BCUT2D eigenvalue weighted by atomic mass is 16.4. The predicted octanol–water partition coefficient (Wildman–Crippen LogP) is 3.18. The molecule has 1 N–H and O–H groups in total. The summed E-state index contributed by atoms with van der Waals surface area (Å²) in [5.74, 6) is -0.00700. The summed E-state index contributed by atoms with van der Waals surface area (Å²) in [6.07, 6.45) is 4.26. The lowest BCUT2D eigenvalue weighted by Gasteiger charge is -2.36. The van der Waals surface area contributed by atoms with E-state index in [1.165, 1.54) is 18.4 Å². The van der Waals surface area contributed by atoms with Gasteiger partial charge in [-0.25, -0.2) is 4.79 Å². The van der Waals surface area contributed by atoms with E-state index in [9.17, 15) is 4.79 Å². The fourth-order valence-corrected chi connectivity index (χ4v) is 3.19. The van der Waals surface area contributed by atoms with Gasteiger partial charge in [0.05, 0.1) is 0 Å². The molecular weight excluding hydrogens is 200 g/mol. The lowest BCUT2D eigenvalue weighted by atomic mass is 9.68. The van der Waals surface area contributed by atoms with Crippen molar-refractivity contribution >= 4 is 5.97 Å². The third-order valence-corrected chi connectivity index (χ3v) is 4.13. The lowest BCUT2D eigenvalue weighted by molar-refractivity contribution is -0.133. The van der Waals surface area contributed by atoms with Crippen LogP contribution in [0.2, 0.25) is 0 Å². The van der Waals surface area contributed by atoms with E-state index in [0.29, 0.717) is 11.8 Å². The standard InChI is InChI=1S/C14H18O2/c1-8-7-13(10(3)14(15)16)9(2)12-6-4-5-11(8)12/h11-13H,1-7H2,(H,15,16). The molecule has 0 radical (unpaired) electrons. The SMILES string of the molecule is C=C(C(=O)O)C1CC(=C)C2CCCC2C1=C. The molecule has 2 fully saturated rings. The molecule has 2 aliphatic carbocycles. The number of allylic oxidation sites excluding steroid dienone is 2. The summed E-state index contributed by atoms with van der Waals surface area (Å²) < 4.78 is 0. The van der Waals surface area contributed by atoms with Gasteiger partial charge >= 0.3 is 5.97 Å². The number of hydrogen-bond donors (Lipinski definition) is 1. The molecule has 86 valence electrons. The molecule has 2 nitrogen and oxygen atoms in total. The lowest BCUT2D eigenvalue weighted by Crippen LogP contribution is -2.28. The molecule has 2 rings (SSSR count). The summed E-state index contributed by atoms with van der Waals surface area (Å²) in [5, 5.41) is 9.01. The largest absolute Gasteiger partial charge is 0.478 e. The van der Waals surface area contributed by atoms with E-state index in [2.05, 4.69) is 19.7 Å². The van der Waals surface area contributed by atoms with Crippen LogP contribution < -0.4 is 0 Å². The molecule has 0 spiro atoms. The van der Waals surface area contributed by atoms with Crippen LogP contribution in [0.4, 0.5) is 0 Å². The molecule has 2 heteroatoms. The number of carboxylic acids is 1. The first-order valence-corrected chi connectivity index (χ1v) is 5.80. The van der Waals surface area contributed by atoms with Gasteiger partial charge in [-0.2, -0.15) is 0 Å². The van der Waals surface area contributed by atoms with E-state index in [0.717, 1.165) is 18.4 Å². The van der Waals surface area contributed by atoms with Gasteiger partial charge in [-0.05, 0) is 31.1 Å². The van der Waals surface area contributed by atoms with Crippen LogP contribution in [-0.4, -0.2) is 11.1 Å². The van der Waals surface area contributed by atoms with Crippen molar-refractivity contribution in [2.45, 2.75) is 25.7 Å². The quantitative estimate of drug-likeness (QED) is 0.571. The maximum absolute atomic E-state index is 11.0. The van der Waals surface area contributed by atoms with Crippen molar-refractivity contribution in [1.82, 2.24) is 0 Å². The van der Waals surface area contributed by atoms with Crippen LogP contribution in [0.25, 0.3) is 0 Å². The summed E-state index contributed by atoms with van der Waals surface area (Å²) in [5.41, 5.74) is 2.54. The fraction of sp³-hybridized carbons (Fsp3) is 0.500. The molecule has 0 amide bonds. The Kier molecular flexibility index (Phi) is 2.75. The van der Waals surface area contributed by atoms with Gasteiger partial charge < -0.3 is 5.11 Å². The highest BCUT2D eigenvalue weighted by Crippen LogP contribution is 2.50. The van der Waals surface area contributed by atoms with Crippen molar-refractivity contribution in [3.8, 4) is 0 Å². The molecule has 0 aromatic carbocycles. The van der Waals surface area contributed by atoms with Gasteiger partial charge in [-0.3, -0.25) is 0 Å². The van der Waals surface area contributed by atoms with E-state index >= 15 is 0 Å². The van der Waals surface area contributed by atoms with Crippen molar-refractivity contribution in [3.63, 3.8) is 0 Å². The Bertz CT molecular complexity index is 378. The van der Waals surface area contributed by atoms with E-state index < -0.39 is 5.97 Å². The Balaban J connectivity index is 2.24. The van der Waals surface area contributed by atoms with E-state index in [1.54, 1.807) is 0 Å². The van der Waals surface area contributed by atoms with Crippen molar-refractivity contribution in [1.29, 1.82) is 0 Å². The molecule has 0 bridgehead atoms. The number of carboxylic acid groups (broad SMARTS) is 1. The molecule has 0 saturated heterocycles. The van der Waals surface area contributed by atoms with Gasteiger partial charge in [0.15, 0.2) is 0 Å². The molecule has 3 atom stereocenters. The summed E-state index contributed by atoms with van der Waals surface area (Å²) >= 11 is 0. The fourth-order valence-electron chi connectivity index (χ4n) is 3.19. The van der Waals surface area contributed by atoms with E-state index in [4.69, 9.17) is 5.11 Å². The second-order valence-electron chi connectivity index (χ2n) is 4.96. The zero-order valence-corrected chi connectivity index (χ0v) is 9.54. The summed E-state index contributed by atoms with van der Waals surface area (Å²) in [6, 6.07) is 0. The van der Waals surface area contributed by atoms with Crippen LogP contribution in [0.3, 0.4) is 0 Å². The Morgan fingerprint density at radius 3 is 2.50 bits per heavy atom. The smallest absolute Gasteiger partial charge is 0.331 e. The monoisotopic (exact) mass is 218 g/mol. The van der Waals surface area contributed by atoms with Gasteiger partial charge in [0.2, 0.25) is 0 Å². The van der Waals surface area contributed by atoms with E-state index in [1.807, 2.05) is 0 Å². The minimum absolute atomic E-state index is 0.0932. The van der Waals surface area contributed by atoms with E-state index in [-0.39, 0.29) is 11.5 Å². The minimum atomic E-state index is -0.907.